The molecule has 0 N–H and O–H groups in total. The molecular weight excluding hydrogens is 267 g/mol. The van der Waals surface area contributed by atoms with Gasteiger partial charge in [0.25, 0.3) is 0 Å². The largest absolute Gasteiger partial charge is 0.175 e. The number of halogens is 1. The molecule has 0 aromatic carbocycles. The molecule has 0 atom stereocenters. The number of hydrogen-bond donors (Lipinski definition) is 0. The molecule has 9 heavy (non-hydrogen) atoms. The molecule has 5 heteroatoms. The molecule has 0 saturated carbocycles. The normalized spacial score (nSPS) is 10.0. The SMILES string of the molecule is Cc1nnc(SCI)s1. The van der Waals surface area contributed by atoms with Crippen LogP contribution in [0.3, 0.4) is 0 Å². The van der Waals surface area contributed by atoms with Gasteiger partial charge in [-0.25, -0.2) is 0 Å². The van der Waals surface area contributed by atoms with Crippen LogP contribution >= 0.6 is 45.7 Å². The lowest BCUT2D eigenvalue weighted by Crippen LogP contribution is -1.69. The second kappa shape index (κ2) is 3.72. The van der Waals surface area contributed by atoms with Crippen molar-refractivity contribution in [3.63, 3.8) is 0 Å². The number of nitrogens with zero attached hydrogens (tertiary/aromatic N) is 2. The summed E-state index contributed by atoms with van der Waals surface area (Å²) in [6, 6.07) is 0. The van der Waals surface area contributed by atoms with Crippen molar-refractivity contribution in [2.75, 3.05) is 3.76 Å². The van der Waals surface area contributed by atoms with Crippen molar-refractivity contribution in [2.24, 2.45) is 0 Å². The fraction of sp³-hybridized carbons (Fsp3) is 0.500. The molecule has 0 spiro atoms. The summed E-state index contributed by atoms with van der Waals surface area (Å²) in [5, 5.41) is 8.86. The predicted octanol–water partition coefficient (Wildman–Crippen LogP) is 2.33. The van der Waals surface area contributed by atoms with Crippen LogP contribution in [0.15, 0.2) is 4.34 Å². The van der Waals surface area contributed by atoms with Gasteiger partial charge in [0.1, 0.15) is 5.01 Å². The van der Waals surface area contributed by atoms with Crippen LogP contribution in [0.25, 0.3) is 0 Å². The molecule has 1 heterocycles. The van der Waals surface area contributed by atoms with E-state index in [0.717, 1.165) is 13.1 Å². The first-order valence-corrected chi connectivity index (χ1v) is 5.64. The third kappa shape index (κ3) is 2.38. The van der Waals surface area contributed by atoms with Crippen molar-refractivity contribution in [3.05, 3.63) is 5.01 Å². The third-order valence-electron chi connectivity index (χ3n) is 0.686. The zero-order chi connectivity index (χ0) is 6.69. The summed E-state index contributed by atoms with van der Waals surface area (Å²) in [6.45, 7) is 1.97. The van der Waals surface area contributed by atoms with Gasteiger partial charge in [0, 0.05) is 0 Å². The number of aromatic nitrogens is 2. The van der Waals surface area contributed by atoms with Gasteiger partial charge in [0.05, 0.1) is 3.76 Å². The maximum atomic E-state index is 3.93. The van der Waals surface area contributed by atoms with Gasteiger partial charge in [-0.1, -0.05) is 45.7 Å². The highest BCUT2D eigenvalue weighted by Gasteiger charge is 1.97. The fourth-order valence-corrected chi connectivity index (χ4v) is 3.28. The molecule has 0 radical (unpaired) electrons. The molecule has 0 unspecified atom stereocenters. The molecule has 0 saturated heterocycles. The Hall–Kier alpha value is 0.640. The average molecular weight is 272 g/mol. The van der Waals surface area contributed by atoms with Crippen LogP contribution in [0.5, 0.6) is 0 Å². The van der Waals surface area contributed by atoms with Crippen LogP contribution in [-0.2, 0) is 0 Å². The second-order valence-corrected chi connectivity index (χ2v) is 5.54. The minimum atomic E-state index is 1.04. The standard InChI is InChI=1S/C4H5IN2S2/c1-3-6-7-4(9-3)8-2-5/h2H2,1H3. The van der Waals surface area contributed by atoms with Crippen molar-refractivity contribution in [3.8, 4) is 0 Å². The Bertz CT molecular complexity index is 188. The zero-order valence-electron chi connectivity index (χ0n) is 4.80. The summed E-state index contributed by atoms with van der Waals surface area (Å²) in [7, 11) is 0. The number of rotatable bonds is 2. The van der Waals surface area contributed by atoms with E-state index in [0.29, 0.717) is 0 Å². The van der Waals surface area contributed by atoms with Gasteiger partial charge in [-0.15, -0.1) is 10.2 Å². The molecule has 1 aromatic heterocycles. The van der Waals surface area contributed by atoms with E-state index in [1.54, 1.807) is 23.1 Å². The third-order valence-corrected chi connectivity index (χ3v) is 3.29. The summed E-state index contributed by atoms with van der Waals surface area (Å²) in [6.07, 6.45) is 0. The predicted molar refractivity (Wildman–Crippen MR) is 49.4 cm³/mol. The topological polar surface area (TPSA) is 25.8 Å². The average Bonchev–Trinajstić information content (AvgIpc) is 2.17. The van der Waals surface area contributed by atoms with Crippen molar-refractivity contribution in [1.29, 1.82) is 0 Å². The Labute approximate surface area is 75.6 Å². The summed E-state index contributed by atoms with van der Waals surface area (Å²) in [5.74, 6) is 0. The molecule has 0 amide bonds. The van der Waals surface area contributed by atoms with E-state index >= 15 is 0 Å². The second-order valence-electron chi connectivity index (χ2n) is 1.34. The van der Waals surface area contributed by atoms with Crippen LogP contribution < -0.4 is 0 Å². The number of aryl methyl sites for hydroxylation is 1. The van der Waals surface area contributed by atoms with Crippen LogP contribution in [0.4, 0.5) is 0 Å². The first-order chi connectivity index (χ1) is 4.33. The van der Waals surface area contributed by atoms with Crippen LogP contribution in [-0.4, -0.2) is 14.0 Å². The van der Waals surface area contributed by atoms with E-state index in [2.05, 4.69) is 32.8 Å². The number of hydrogen-bond acceptors (Lipinski definition) is 4. The van der Waals surface area contributed by atoms with E-state index in [1.165, 1.54) is 0 Å². The maximum Gasteiger partial charge on any atom is 0.175 e. The quantitative estimate of drug-likeness (QED) is 0.469. The molecule has 1 rings (SSSR count). The highest BCUT2D eigenvalue weighted by atomic mass is 127. The monoisotopic (exact) mass is 272 g/mol. The Morgan fingerprint density at radius 2 is 2.44 bits per heavy atom. The number of thioether (sulfide) groups is 1. The Morgan fingerprint density at radius 3 is 2.89 bits per heavy atom. The van der Waals surface area contributed by atoms with Crippen molar-refractivity contribution >= 4 is 45.7 Å². The van der Waals surface area contributed by atoms with E-state index in [4.69, 9.17) is 0 Å². The van der Waals surface area contributed by atoms with Crippen molar-refractivity contribution in [1.82, 2.24) is 10.2 Å². The molecule has 0 aliphatic heterocycles. The van der Waals surface area contributed by atoms with E-state index in [9.17, 15) is 0 Å². The van der Waals surface area contributed by atoms with Gasteiger partial charge < -0.3 is 0 Å². The maximum absolute atomic E-state index is 3.93. The molecule has 2 nitrogen and oxygen atoms in total. The molecule has 0 fully saturated rings. The van der Waals surface area contributed by atoms with Crippen LogP contribution in [0, 0.1) is 6.92 Å². The summed E-state index contributed by atoms with van der Waals surface area (Å²) in [4.78, 5) is 0. The van der Waals surface area contributed by atoms with Crippen LogP contribution in [0.2, 0.25) is 0 Å². The minimum absolute atomic E-state index is 1.04. The molecule has 0 aliphatic carbocycles. The Balaban J connectivity index is 2.61. The zero-order valence-corrected chi connectivity index (χ0v) is 8.59. The lowest BCUT2D eigenvalue weighted by atomic mass is 10.9. The highest BCUT2D eigenvalue weighted by Crippen LogP contribution is 2.22. The van der Waals surface area contributed by atoms with Gasteiger partial charge in [-0.3, -0.25) is 0 Å². The highest BCUT2D eigenvalue weighted by molar-refractivity contribution is 14.1. The van der Waals surface area contributed by atoms with Crippen LogP contribution in [0.1, 0.15) is 5.01 Å². The van der Waals surface area contributed by atoms with Crippen molar-refractivity contribution in [2.45, 2.75) is 11.3 Å². The Kier molecular flexibility index (Phi) is 3.20. The summed E-state index contributed by atoms with van der Waals surface area (Å²) >= 11 is 5.68. The van der Waals surface area contributed by atoms with Gasteiger partial charge in [-0.05, 0) is 6.92 Å². The van der Waals surface area contributed by atoms with Gasteiger partial charge in [0.15, 0.2) is 4.34 Å². The molecular formula is C4H5IN2S2. The van der Waals surface area contributed by atoms with Gasteiger partial charge in [-0.2, -0.15) is 0 Å². The summed E-state index contributed by atoms with van der Waals surface area (Å²) < 4.78 is 2.12. The van der Waals surface area contributed by atoms with E-state index in [1.807, 2.05) is 6.92 Å². The van der Waals surface area contributed by atoms with E-state index < -0.39 is 0 Å². The first-order valence-electron chi connectivity index (χ1n) is 2.32. The molecule has 1 aromatic rings. The Morgan fingerprint density at radius 1 is 1.67 bits per heavy atom. The molecule has 50 valence electrons. The van der Waals surface area contributed by atoms with E-state index in [-0.39, 0.29) is 0 Å². The fourth-order valence-electron chi connectivity index (χ4n) is 0.383. The van der Waals surface area contributed by atoms with Crippen molar-refractivity contribution < 1.29 is 0 Å². The first kappa shape index (κ1) is 7.74. The minimum Gasteiger partial charge on any atom is -0.143 e. The van der Waals surface area contributed by atoms with Gasteiger partial charge in [0.2, 0.25) is 0 Å². The number of alkyl halides is 1. The smallest absolute Gasteiger partial charge is 0.143 e. The molecule has 0 bridgehead atoms. The molecule has 0 aliphatic rings. The van der Waals surface area contributed by atoms with Gasteiger partial charge >= 0.3 is 0 Å². The summed E-state index contributed by atoms with van der Waals surface area (Å²) in [5.41, 5.74) is 0. The lowest BCUT2D eigenvalue weighted by molar-refractivity contribution is 0.985. The lowest BCUT2D eigenvalue weighted by Gasteiger charge is -1.81.